The first-order valence-corrected chi connectivity index (χ1v) is 5.78. The maximum Gasteiger partial charge on any atom is 0.306 e. The van der Waals surface area contributed by atoms with E-state index in [0.29, 0.717) is 5.75 Å². The van der Waals surface area contributed by atoms with Crippen LogP contribution < -0.4 is 10.1 Å². The number of carbonyl (C=O) groups is 1. The summed E-state index contributed by atoms with van der Waals surface area (Å²) in [4.78, 5) is 21.0. The van der Waals surface area contributed by atoms with Gasteiger partial charge in [0.2, 0.25) is 0 Å². The first-order valence-electron chi connectivity index (χ1n) is 5.78. The van der Waals surface area contributed by atoms with Gasteiger partial charge in [0.1, 0.15) is 11.4 Å². The lowest BCUT2D eigenvalue weighted by atomic mass is 10.2. The van der Waals surface area contributed by atoms with Crippen molar-refractivity contribution in [1.82, 2.24) is 0 Å². The lowest BCUT2D eigenvalue weighted by Gasteiger charge is -2.15. The molecule has 0 fully saturated rings. The minimum Gasteiger partial charge on any atom is -0.497 e. The van der Waals surface area contributed by atoms with E-state index in [2.05, 4.69) is 5.32 Å². The fourth-order valence-electron chi connectivity index (χ4n) is 1.60. The Morgan fingerprint density at radius 1 is 1.50 bits per heavy atom. The van der Waals surface area contributed by atoms with Gasteiger partial charge < -0.3 is 19.9 Å². The number of aliphatic carboxylic acids is 1. The number of benzene rings is 1. The number of rotatable bonds is 8. The molecular formula is C12H16N2O6. The van der Waals surface area contributed by atoms with Gasteiger partial charge in [-0.2, -0.15) is 0 Å². The zero-order chi connectivity index (χ0) is 15.1. The topological polar surface area (TPSA) is 111 Å². The van der Waals surface area contributed by atoms with E-state index in [1.54, 1.807) is 0 Å². The molecule has 0 saturated heterocycles. The van der Waals surface area contributed by atoms with Crippen molar-refractivity contribution in [3.05, 3.63) is 28.3 Å². The molecule has 1 rings (SSSR count). The molecule has 0 saturated carbocycles. The molecule has 0 bridgehead atoms. The van der Waals surface area contributed by atoms with Crippen LogP contribution in [0.4, 0.5) is 11.4 Å². The van der Waals surface area contributed by atoms with E-state index in [1.165, 1.54) is 32.4 Å². The van der Waals surface area contributed by atoms with Gasteiger partial charge in [-0.3, -0.25) is 14.9 Å². The van der Waals surface area contributed by atoms with E-state index < -0.39 is 17.0 Å². The third-order valence-electron chi connectivity index (χ3n) is 2.66. The van der Waals surface area contributed by atoms with Crippen molar-refractivity contribution < 1.29 is 24.3 Å². The first-order chi connectivity index (χ1) is 9.47. The fourth-order valence-corrected chi connectivity index (χ4v) is 1.60. The molecule has 1 aromatic carbocycles. The van der Waals surface area contributed by atoms with Gasteiger partial charge in [0, 0.05) is 25.8 Å². The van der Waals surface area contributed by atoms with E-state index in [4.69, 9.17) is 14.6 Å². The largest absolute Gasteiger partial charge is 0.497 e. The SMILES string of the molecule is COc1ccc([N+](=O)[O-])c(NCC(CC(=O)O)OC)c1. The number of nitrogens with one attached hydrogen (secondary N) is 1. The molecule has 20 heavy (non-hydrogen) atoms. The summed E-state index contributed by atoms with van der Waals surface area (Å²) >= 11 is 0. The highest BCUT2D eigenvalue weighted by Gasteiger charge is 2.17. The molecule has 8 heteroatoms. The minimum atomic E-state index is -1.00. The second kappa shape index (κ2) is 7.29. The van der Waals surface area contributed by atoms with Gasteiger partial charge >= 0.3 is 5.97 Å². The average molecular weight is 284 g/mol. The van der Waals surface area contributed by atoms with Crippen molar-refractivity contribution in [2.24, 2.45) is 0 Å². The smallest absolute Gasteiger partial charge is 0.306 e. The molecule has 1 atom stereocenters. The summed E-state index contributed by atoms with van der Waals surface area (Å²) in [7, 11) is 2.84. The van der Waals surface area contributed by atoms with Crippen LogP contribution in [0.5, 0.6) is 5.75 Å². The second-order valence-electron chi connectivity index (χ2n) is 3.98. The van der Waals surface area contributed by atoms with Crippen LogP contribution in [0.3, 0.4) is 0 Å². The molecule has 0 heterocycles. The second-order valence-corrected chi connectivity index (χ2v) is 3.98. The van der Waals surface area contributed by atoms with Gasteiger partial charge in [0.25, 0.3) is 5.69 Å². The van der Waals surface area contributed by atoms with Crippen LogP contribution in [-0.2, 0) is 9.53 Å². The number of anilines is 1. The summed E-state index contributed by atoms with van der Waals surface area (Å²) in [6.07, 6.45) is -0.778. The predicted molar refractivity (Wildman–Crippen MR) is 71.2 cm³/mol. The summed E-state index contributed by atoms with van der Waals surface area (Å²) < 4.78 is 9.99. The molecule has 1 aromatic rings. The quantitative estimate of drug-likeness (QED) is 0.549. The summed E-state index contributed by atoms with van der Waals surface area (Å²) in [6, 6.07) is 4.28. The lowest BCUT2D eigenvalue weighted by molar-refractivity contribution is -0.384. The Bertz CT molecular complexity index is 491. The number of hydrogen-bond acceptors (Lipinski definition) is 6. The Balaban J connectivity index is 2.83. The van der Waals surface area contributed by atoms with E-state index in [1.807, 2.05) is 0 Å². The third-order valence-corrected chi connectivity index (χ3v) is 2.66. The summed E-state index contributed by atoms with van der Waals surface area (Å²) in [6.45, 7) is 0.136. The molecule has 0 amide bonds. The Kier molecular flexibility index (Phi) is 5.73. The highest BCUT2D eigenvalue weighted by Crippen LogP contribution is 2.28. The van der Waals surface area contributed by atoms with Gasteiger partial charge in [0.15, 0.2) is 0 Å². The Labute approximate surface area is 115 Å². The van der Waals surface area contributed by atoms with Crippen LogP contribution in [0.2, 0.25) is 0 Å². The molecule has 110 valence electrons. The molecular weight excluding hydrogens is 268 g/mol. The van der Waals surface area contributed by atoms with E-state index in [-0.39, 0.29) is 24.3 Å². The van der Waals surface area contributed by atoms with Crippen LogP contribution in [-0.4, -0.2) is 42.9 Å². The molecule has 8 nitrogen and oxygen atoms in total. The molecule has 2 N–H and O–H groups in total. The van der Waals surface area contributed by atoms with Crippen LogP contribution in [0, 0.1) is 10.1 Å². The Hall–Kier alpha value is -2.35. The molecule has 0 radical (unpaired) electrons. The number of hydrogen-bond donors (Lipinski definition) is 2. The molecule has 0 aliphatic heterocycles. The van der Waals surface area contributed by atoms with Crippen molar-refractivity contribution in [2.75, 3.05) is 26.1 Å². The Morgan fingerprint density at radius 3 is 2.70 bits per heavy atom. The van der Waals surface area contributed by atoms with Gasteiger partial charge in [-0.05, 0) is 6.07 Å². The van der Waals surface area contributed by atoms with Gasteiger partial charge in [-0.15, -0.1) is 0 Å². The summed E-state index contributed by atoms with van der Waals surface area (Å²) in [5, 5.41) is 22.4. The maximum absolute atomic E-state index is 10.9. The van der Waals surface area contributed by atoms with Crippen LogP contribution in [0.25, 0.3) is 0 Å². The molecule has 0 aliphatic rings. The number of nitro benzene ring substituents is 1. The number of carboxylic acids is 1. The highest BCUT2D eigenvalue weighted by molar-refractivity contribution is 5.68. The maximum atomic E-state index is 10.9. The highest BCUT2D eigenvalue weighted by atomic mass is 16.6. The zero-order valence-electron chi connectivity index (χ0n) is 11.2. The van der Waals surface area contributed by atoms with E-state index >= 15 is 0 Å². The molecule has 0 aromatic heterocycles. The summed E-state index contributed by atoms with van der Waals surface area (Å²) in [5.41, 5.74) is 0.137. The summed E-state index contributed by atoms with van der Waals surface area (Å²) in [5.74, 6) is -0.538. The van der Waals surface area contributed by atoms with Crippen molar-refractivity contribution in [3.63, 3.8) is 0 Å². The van der Waals surface area contributed by atoms with Crippen molar-refractivity contribution >= 4 is 17.3 Å². The fraction of sp³-hybridized carbons (Fsp3) is 0.417. The van der Waals surface area contributed by atoms with Gasteiger partial charge in [-0.1, -0.05) is 0 Å². The number of methoxy groups -OCH3 is 2. The Morgan fingerprint density at radius 2 is 2.20 bits per heavy atom. The van der Waals surface area contributed by atoms with Crippen molar-refractivity contribution in [1.29, 1.82) is 0 Å². The lowest BCUT2D eigenvalue weighted by Crippen LogP contribution is -2.25. The normalized spacial score (nSPS) is 11.7. The zero-order valence-corrected chi connectivity index (χ0v) is 11.2. The van der Waals surface area contributed by atoms with Crippen molar-refractivity contribution in [3.8, 4) is 5.75 Å². The van der Waals surface area contributed by atoms with Crippen LogP contribution >= 0.6 is 0 Å². The number of nitrogens with zero attached hydrogens (tertiary/aromatic N) is 1. The molecule has 1 unspecified atom stereocenters. The number of ether oxygens (including phenoxy) is 2. The van der Waals surface area contributed by atoms with Gasteiger partial charge in [-0.25, -0.2) is 0 Å². The molecule has 0 aliphatic carbocycles. The average Bonchev–Trinajstić information content (AvgIpc) is 2.42. The monoisotopic (exact) mass is 284 g/mol. The standard InChI is InChI=1S/C12H16N2O6/c1-19-8-3-4-11(14(17)18)10(5-8)13-7-9(20-2)6-12(15)16/h3-5,9,13H,6-7H2,1-2H3,(H,15,16). The van der Waals surface area contributed by atoms with E-state index in [0.717, 1.165) is 0 Å². The molecule has 0 spiro atoms. The minimum absolute atomic E-state index is 0.115. The van der Waals surface area contributed by atoms with Crippen molar-refractivity contribution in [2.45, 2.75) is 12.5 Å². The number of nitro groups is 1. The van der Waals surface area contributed by atoms with Gasteiger partial charge in [0.05, 0.1) is 24.6 Å². The predicted octanol–water partition coefficient (Wildman–Crippen LogP) is 1.50. The van der Waals surface area contributed by atoms with E-state index in [9.17, 15) is 14.9 Å². The third kappa shape index (κ3) is 4.39. The first kappa shape index (κ1) is 15.7. The van der Waals surface area contributed by atoms with Crippen LogP contribution in [0.15, 0.2) is 18.2 Å². The number of carboxylic acid groups (broad SMARTS) is 1. The van der Waals surface area contributed by atoms with Crippen LogP contribution in [0.1, 0.15) is 6.42 Å².